The van der Waals surface area contributed by atoms with E-state index in [2.05, 4.69) is 36.2 Å². The maximum absolute atomic E-state index is 12.9. The minimum Gasteiger partial charge on any atom is -0.474 e. The summed E-state index contributed by atoms with van der Waals surface area (Å²) >= 11 is 0. The van der Waals surface area contributed by atoms with Gasteiger partial charge in [0.25, 0.3) is 11.8 Å². The molecular weight excluding hydrogens is 450 g/mol. The van der Waals surface area contributed by atoms with Crippen molar-refractivity contribution in [1.29, 1.82) is 0 Å². The molecule has 0 atom stereocenters. The van der Waals surface area contributed by atoms with E-state index in [4.69, 9.17) is 14.7 Å². The van der Waals surface area contributed by atoms with Crippen LogP contribution in [0.5, 0.6) is 5.88 Å². The zero-order chi connectivity index (χ0) is 25.5. The summed E-state index contributed by atoms with van der Waals surface area (Å²) < 4.78 is 6.01. The van der Waals surface area contributed by atoms with Crippen molar-refractivity contribution in [3.63, 3.8) is 0 Å². The van der Waals surface area contributed by atoms with Gasteiger partial charge in [-0.3, -0.25) is 4.79 Å². The standard InChI is InChI=1S/C29H33N5O2/c1-5-34(6-2)18-19-36-29-27(33(3)4)31-26-20-24(16-17-25(26)32-29)30-28(35)23-14-12-22(13-15-23)21-10-8-7-9-11-21/h7-17,20H,5-6,18-19H2,1-4H3,(H,30,35). The zero-order valence-electron chi connectivity index (χ0n) is 21.4. The van der Waals surface area contributed by atoms with E-state index in [0.29, 0.717) is 40.6 Å². The van der Waals surface area contributed by atoms with Crippen molar-refractivity contribution in [2.24, 2.45) is 0 Å². The highest BCUT2D eigenvalue weighted by molar-refractivity contribution is 6.05. The number of hydrogen-bond donors (Lipinski definition) is 1. The molecule has 0 spiro atoms. The Bertz CT molecular complexity index is 1300. The van der Waals surface area contributed by atoms with Gasteiger partial charge < -0.3 is 19.9 Å². The molecule has 7 heteroatoms. The van der Waals surface area contributed by atoms with Gasteiger partial charge in [0.1, 0.15) is 6.61 Å². The summed E-state index contributed by atoms with van der Waals surface area (Å²) in [5.74, 6) is 0.989. The molecule has 4 rings (SSSR count). The quantitative estimate of drug-likeness (QED) is 0.329. The van der Waals surface area contributed by atoms with Gasteiger partial charge in [-0.25, -0.2) is 9.97 Å². The topological polar surface area (TPSA) is 70.6 Å². The average Bonchev–Trinajstić information content (AvgIpc) is 2.91. The van der Waals surface area contributed by atoms with Crippen LogP contribution in [0.2, 0.25) is 0 Å². The van der Waals surface area contributed by atoms with Gasteiger partial charge in [-0.1, -0.05) is 56.3 Å². The van der Waals surface area contributed by atoms with E-state index < -0.39 is 0 Å². The van der Waals surface area contributed by atoms with Crippen LogP contribution >= 0.6 is 0 Å². The molecular formula is C29H33N5O2. The summed E-state index contributed by atoms with van der Waals surface area (Å²) in [7, 11) is 3.83. The number of nitrogens with zero attached hydrogens (tertiary/aromatic N) is 4. The summed E-state index contributed by atoms with van der Waals surface area (Å²) in [6.07, 6.45) is 0. The number of carbonyl (C=O) groups is 1. The first-order chi connectivity index (χ1) is 17.5. The molecule has 0 saturated carbocycles. The first-order valence-electron chi connectivity index (χ1n) is 12.3. The molecule has 0 radical (unpaired) electrons. The largest absolute Gasteiger partial charge is 0.474 e. The molecule has 0 aliphatic rings. The van der Waals surface area contributed by atoms with Crippen LogP contribution in [0, 0.1) is 0 Å². The predicted molar refractivity (Wildman–Crippen MR) is 147 cm³/mol. The van der Waals surface area contributed by atoms with Crippen LogP contribution in [0.1, 0.15) is 24.2 Å². The molecule has 1 aromatic heterocycles. The number of fused-ring (bicyclic) bond motifs is 1. The van der Waals surface area contributed by atoms with E-state index >= 15 is 0 Å². The Balaban J connectivity index is 1.49. The lowest BCUT2D eigenvalue weighted by Gasteiger charge is -2.20. The molecule has 1 amide bonds. The highest BCUT2D eigenvalue weighted by Crippen LogP contribution is 2.27. The van der Waals surface area contributed by atoms with Gasteiger partial charge in [0.15, 0.2) is 5.82 Å². The van der Waals surface area contributed by atoms with Crippen molar-refractivity contribution in [3.8, 4) is 17.0 Å². The van der Waals surface area contributed by atoms with E-state index in [-0.39, 0.29) is 5.91 Å². The van der Waals surface area contributed by atoms with Crippen molar-refractivity contribution < 1.29 is 9.53 Å². The number of benzene rings is 3. The molecule has 0 fully saturated rings. The molecule has 0 unspecified atom stereocenters. The summed E-state index contributed by atoms with van der Waals surface area (Å²) in [4.78, 5) is 26.5. The third-order valence-corrected chi connectivity index (χ3v) is 6.09. The maximum atomic E-state index is 12.9. The van der Waals surface area contributed by atoms with Crippen molar-refractivity contribution in [1.82, 2.24) is 14.9 Å². The second kappa shape index (κ2) is 11.6. The minimum atomic E-state index is -0.175. The highest BCUT2D eigenvalue weighted by Gasteiger charge is 2.14. The van der Waals surface area contributed by atoms with Crippen molar-refractivity contribution in [3.05, 3.63) is 78.4 Å². The number of anilines is 2. The molecule has 3 aromatic carbocycles. The van der Waals surface area contributed by atoms with Crippen LogP contribution in [-0.2, 0) is 0 Å². The summed E-state index contributed by atoms with van der Waals surface area (Å²) in [5, 5.41) is 2.98. The number of nitrogens with one attached hydrogen (secondary N) is 1. The van der Waals surface area contributed by atoms with Crippen LogP contribution in [-0.4, -0.2) is 61.1 Å². The van der Waals surface area contributed by atoms with E-state index in [1.165, 1.54) is 0 Å². The monoisotopic (exact) mass is 483 g/mol. The molecule has 7 nitrogen and oxygen atoms in total. The smallest absolute Gasteiger partial charge is 0.258 e. The lowest BCUT2D eigenvalue weighted by Crippen LogP contribution is -2.28. The first kappa shape index (κ1) is 25.1. The molecule has 186 valence electrons. The number of hydrogen-bond acceptors (Lipinski definition) is 6. The van der Waals surface area contributed by atoms with Crippen LogP contribution in [0.25, 0.3) is 22.2 Å². The Morgan fingerprint density at radius 3 is 2.22 bits per heavy atom. The second-order valence-corrected chi connectivity index (χ2v) is 8.72. The molecule has 1 N–H and O–H groups in total. The molecule has 0 aliphatic carbocycles. The minimum absolute atomic E-state index is 0.175. The van der Waals surface area contributed by atoms with Crippen molar-refractivity contribution in [2.45, 2.75) is 13.8 Å². The lowest BCUT2D eigenvalue weighted by molar-refractivity contribution is 0.102. The number of amides is 1. The summed E-state index contributed by atoms with van der Waals surface area (Å²) in [5.41, 5.74) is 4.83. The van der Waals surface area contributed by atoms with Crippen molar-refractivity contribution in [2.75, 3.05) is 50.6 Å². The van der Waals surface area contributed by atoms with Gasteiger partial charge in [0.05, 0.1) is 11.0 Å². The molecule has 4 aromatic rings. The fraction of sp³-hybridized carbons (Fsp3) is 0.276. The summed E-state index contributed by atoms with van der Waals surface area (Å²) in [6, 6.07) is 23.2. The van der Waals surface area contributed by atoms with E-state index in [1.54, 1.807) is 0 Å². The number of likely N-dealkylation sites (N-methyl/N-ethyl adjacent to an activating group) is 1. The Hall–Kier alpha value is -3.97. The normalized spacial score (nSPS) is 11.0. The van der Waals surface area contributed by atoms with Crippen LogP contribution in [0.3, 0.4) is 0 Å². The number of ether oxygens (including phenoxy) is 1. The molecule has 0 aliphatic heterocycles. The van der Waals surface area contributed by atoms with Gasteiger partial charge in [0, 0.05) is 31.9 Å². The third kappa shape index (κ3) is 5.98. The SMILES string of the molecule is CCN(CC)CCOc1nc2ccc(NC(=O)c3ccc(-c4ccccc4)cc3)cc2nc1N(C)C. The molecule has 0 saturated heterocycles. The van der Waals surface area contributed by atoms with Crippen LogP contribution < -0.4 is 15.0 Å². The fourth-order valence-electron chi connectivity index (χ4n) is 3.95. The second-order valence-electron chi connectivity index (χ2n) is 8.72. The molecule has 36 heavy (non-hydrogen) atoms. The highest BCUT2D eigenvalue weighted by atomic mass is 16.5. The lowest BCUT2D eigenvalue weighted by atomic mass is 10.0. The maximum Gasteiger partial charge on any atom is 0.258 e. The van der Waals surface area contributed by atoms with Crippen LogP contribution in [0.4, 0.5) is 11.5 Å². The Labute approximate surface area is 212 Å². The van der Waals surface area contributed by atoms with Crippen molar-refractivity contribution >= 4 is 28.4 Å². The number of rotatable bonds is 10. The predicted octanol–water partition coefficient (Wildman–Crippen LogP) is 5.34. The number of aromatic nitrogens is 2. The van der Waals surface area contributed by atoms with Gasteiger partial charge in [-0.2, -0.15) is 0 Å². The van der Waals surface area contributed by atoms with Crippen LogP contribution in [0.15, 0.2) is 72.8 Å². The third-order valence-electron chi connectivity index (χ3n) is 6.09. The average molecular weight is 484 g/mol. The fourth-order valence-corrected chi connectivity index (χ4v) is 3.95. The zero-order valence-corrected chi connectivity index (χ0v) is 21.4. The number of carbonyl (C=O) groups excluding carboxylic acids is 1. The Morgan fingerprint density at radius 2 is 1.56 bits per heavy atom. The van der Waals surface area contributed by atoms with E-state index in [0.717, 1.165) is 30.8 Å². The Morgan fingerprint density at radius 1 is 0.861 bits per heavy atom. The van der Waals surface area contributed by atoms with Gasteiger partial charge >= 0.3 is 0 Å². The van der Waals surface area contributed by atoms with Gasteiger partial charge in [0.2, 0.25) is 0 Å². The first-order valence-corrected chi connectivity index (χ1v) is 12.3. The summed E-state index contributed by atoms with van der Waals surface area (Å²) in [6.45, 7) is 7.61. The van der Waals surface area contributed by atoms with Gasteiger partial charge in [-0.05, 0) is 54.5 Å². The van der Waals surface area contributed by atoms with E-state index in [1.807, 2.05) is 79.7 Å². The van der Waals surface area contributed by atoms with Gasteiger partial charge in [-0.15, -0.1) is 0 Å². The van der Waals surface area contributed by atoms with E-state index in [9.17, 15) is 4.79 Å². The Kier molecular flexibility index (Phi) is 8.13. The molecule has 0 bridgehead atoms. The molecule has 1 heterocycles.